The minimum atomic E-state index is 0.745. The molecule has 0 saturated carbocycles. The molecule has 0 saturated heterocycles. The Labute approximate surface area is 86.8 Å². The van der Waals surface area contributed by atoms with Crippen molar-refractivity contribution in [1.29, 1.82) is 0 Å². The molecule has 3 nitrogen and oxygen atoms in total. The van der Waals surface area contributed by atoms with Gasteiger partial charge in [0.1, 0.15) is 0 Å². The lowest BCUT2D eigenvalue weighted by atomic mass is 10.4. The van der Waals surface area contributed by atoms with Gasteiger partial charge in [-0.1, -0.05) is 0 Å². The molecule has 0 atom stereocenters. The Bertz CT molecular complexity index is 104. The van der Waals surface area contributed by atoms with Crippen molar-refractivity contribution in [2.45, 2.75) is 6.42 Å². The fraction of sp³-hybridized carbons (Fsp3) is 1.00. The summed E-state index contributed by atoms with van der Waals surface area (Å²) in [5.74, 6) is 0.799. The molecule has 0 aromatic heterocycles. The van der Waals surface area contributed by atoms with E-state index in [0.29, 0.717) is 0 Å². The quantitative estimate of drug-likeness (QED) is 0.448. The molecule has 4 heteroatoms. The highest BCUT2D eigenvalue weighted by Gasteiger charge is 1.96. The van der Waals surface area contributed by atoms with Crippen LogP contribution in [0, 0.1) is 0 Å². The van der Waals surface area contributed by atoms with Crippen LogP contribution in [0.2, 0.25) is 0 Å². The summed E-state index contributed by atoms with van der Waals surface area (Å²) in [7, 11) is 3.83. The molecular formula is C9H21NO2S. The molecule has 0 N–H and O–H groups in total. The van der Waals surface area contributed by atoms with Crippen LogP contribution in [-0.2, 0) is 9.47 Å². The third-order valence-electron chi connectivity index (χ3n) is 1.74. The van der Waals surface area contributed by atoms with E-state index in [2.05, 4.69) is 24.6 Å². The maximum atomic E-state index is 5.31. The van der Waals surface area contributed by atoms with Gasteiger partial charge in [0, 0.05) is 32.6 Å². The smallest absolute Gasteiger partial charge is 0.0593 e. The predicted octanol–water partition coefficient (Wildman–Crippen LogP) is 0.901. The summed E-state index contributed by atoms with van der Waals surface area (Å²) < 4.78 is 10.3. The zero-order valence-electron chi connectivity index (χ0n) is 8.66. The Morgan fingerprint density at radius 2 is 1.92 bits per heavy atom. The van der Waals surface area contributed by atoms with Crippen molar-refractivity contribution in [2.75, 3.05) is 52.8 Å². The molecule has 0 aliphatic heterocycles. The number of rotatable bonds is 9. The lowest BCUT2D eigenvalue weighted by Gasteiger charge is -2.15. The minimum Gasteiger partial charge on any atom is -0.385 e. The Kier molecular flexibility index (Phi) is 10.5. The molecular weight excluding hydrogens is 186 g/mol. The van der Waals surface area contributed by atoms with Gasteiger partial charge < -0.3 is 14.4 Å². The maximum absolute atomic E-state index is 5.31. The van der Waals surface area contributed by atoms with E-state index in [1.54, 1.807) is 7.11 Å². The molecule has 0 fully saturated rings. The summed E-state index contributed by atoms with van der Waals surface area (Å²) in [6, 6.07) is 0. The van der Waals surface area contributed by atoms with Crippen molar-refractivity contribution in [1.82, 2.24) is 4.90 Å². The van der Waals surface area contributed by atoms with Crippen LogP contribution < -0.4 is 0 Å². The molecule has 0 radical (unpaired) electrons. The second-order valence-corrected chi connectivity index (χ2v) is 3.43. The normalized spacial score (nSPS) is 11.1. The Morgan fingerprint density at radius 3 is 2.54 bits per heavy atom. The van der Waals surface area contributed by atoms with Gasteiger partial charge in [-0.2, -0.15) is 12.6 Å². The van der Waals surface area contributed by atoms with Crippen LogP contribution in [0.3, 0.4) is 0 Å². The molecule has 0 unspecified atom stereocenters. The summed E-state index contributed by atoms with van der Waals surface area (Å²) in [4.78, 5) is 2.25. The van der Waals surface area contributed by atoms with E-state index in [0.717, 1.165) is 45.1 Å². The summed E-state index contributed by atoms with van der Waals surface area (Å²) in [6.07, 6.45) is 1.08. The maximum Gasteiger partial charge on any atom is 0.0593 e. The third-order valence-corrected chi connectivity index (χ3v) is 1.92. The highest BCUT2D eigenvalue weighted by Crippen LogP contribution is 1.88. The molecule has 0 rings (SSSR count). The van der Waals surface area contributed by atoms with Crippen LogP contribution in [0.15, 0.2) is 0 Å². The lowest BCUT2D eigenvalue weighted by Crippen LogP contribution is -2.25. The summed E-state index contributed by atoms with van der Waals surface area (Å²) in [5.41, 5.74) is 0. The molecule has 0 bridgehead atoms. The first-order chi connectivity index (χ1) is 6.31. The number of hydrogen-bond acceptors (Lipinski definition) is 4. The van der Waals surface area contributed by atoms with Gasteiger partial charge in [-0.3, -0.25) is 0 Å². The Hall–Kier alpha value is 0.230. The van der Waals surface area contributed by atoms with Gasteiger partial charge in [0.05, 0.1) is 13.2 Å². The van der Waals surface area contributed by atoms with Gasteiger partial charge in [0.25, 0.3) is 0 Å². The van der Waals surface area contributed by atoms with Gasteiger partial charge in [-0.25, -0.2) is 0 Å². The van der Waals surface area contributed by atoms with Crippen LogP contribution in [0.5, 0.6) is 0 Å². The van der Waals surface area contributed by atoms with Crippen molar-refractivity contribution in [2.24, 2.45) is 0 Å². The first kappa shape index (κ1) is 13.2. The van der Waals surface area contributed by atoms with Crippen molar-refractivity contribution < 1.29 is 9.47 Å². The van der Waals surface area contributed by atoms with Crippen LogP contribution in [0.4, 0.5) is 0 Å². The first-order valence-electron chi connectivity index (χ1n) is 4.67. The van der Waals surface area contributed by atoms with E-state index in [-0.39, 0.29) is 0 Å². The Morgan fingerprint density at radius 1 is 1.15 bits per heavy atom. The van der Waals surface area contributed by atoms with Gasteiger partial charge in [-0.05, 0) is 13.5 Å². The number of ether oxygens (including phenoxy) is 2. The van der Waals surface area contributed by atoms with Gasteiger partial charge in [0.2, 0.25) is 0 Å². The zero-order valence-corrected chi connectivity index (χ0v) is 9.56. The van der Waals surface area contributed by atoms with Crippen molar-refractivity contribution in [3.05, 3.63) is 0 Å². The molecule has 80 valence electrons. The van der Waals surface area contributed by atoms with Crippen LogP contribution in [0.1, 0.15) is 6.42 Å². The Balaban J connectivity index is 3.05. The minimum absolute atomic E-state index is 0.745. The molecule has 0 aromatic carbocycles. The largest absolute Gasteiger partial charge is 0.385 e. The average Bonchev–Trinajstić information content (AvgIpc) is 2.13. The second-order valence-electron chi connectivity index (χ2n) is 2.99. The summed E-state index contributed by atoms with van der Waals surface area (Å²) >= 11 is 4.06. The number of methoxy groups -OCH3 is 1. The topological polar surface area (TPSA) is 21.7 Å². The third kappa shape index (κ3) is 10.1. The number of thiol groups is 1. The predicted molar refractivity (Wildman–Crippen MR) is 58.7 cm³/mol. The highest BCUT2D eigenvalue weighted by atomic mass is 32.1. The second kappa shape index (κ2) is 10.3. The standard InChI is InChI=1S/C9H21NO2S/c1-10(4-3-6-11-2)5-7-12-8-9-13/h13H,3-9H2,1-2H3. The molecule has 13 heavy (non-hydrogen) atoms. The fourth-order valence-corrected chi connectivity index (χ4v) is 1.11. The monoisotopic (exact) mass is 207 g/mol. The average molecular weight is 207 g/mol. The zero-order chi connectivity index (χ0) is 9.94. The summed E-state index contributed by atoms with van der Waals surface area (Å²) in [5, 5.41) is 0. The summed E-state index contributed by atoms with van der Waals surface area (Å²) in [6.45, 7) is 4.43. The number of likely N-dealkylation sites (N-methyl/N-ethyl adjacent to an activating group) is 1. The van der Waals surface area contributed by atoms with E-state index in [9.17, 15) is 0 Å². The first-order valence-corrected chi connectivity index (χ1v) is 5.30. The SMILES string of the molecule is COCCCN(C)CCOCCS. The number of hydrogen-bond donors (Lipinski definition) is 1. The molecule has 0 aliphatic rings. The van der Waals surface area contributed by atoms with Crippen molar-refractivity contribution in [3.63, 3.8) is 0 Å². The van der Waals surface area contributed by atoms with Gasteiger partial charge >= 0.3 is 0 Å². The molecule has 0 heterocycles. The van der Waals surface area contributed by atoms with Crippen LogP contribution in [0.25, 0.3) is 0 Å². The van der Waals surface area contributed by atoms with E-state index in [1.165, 1.54) is 0 Å². The molecule has 0 aromatic rings. The van der Waals surface area contributed by atoms with Crippen molar-refractivity contribution in [3.8, 4) is 0 Å². The van der Waals surface area contributed by atoms with Crippen LogP contribution >= 0.6 is 12.6 Å². The van der Waals surface area contributed by atoms with E-state index < -0.39 is 0 Å². The van der Waals surface area contributed by atoms with Gasteiger partial charge in [0.15, 0.2) is 0 Å². The van der Waals surface area contributed by atoms with E-state index in [4.69, 9.17) is 9.47 Å². The number of nitrogens with zero attached hydrogens (tertiary/aromatic N) is 1. The van der Waals surface area contributed by atoms with Crippen molar-refractivity contribution >= 4 is 12.6 Å². The molecule has 0 spiro atoms. The highest BCUT2D eigenvalue weighted by molar-refractivity contribution is 7.80. The van der Waals surface area contributed by atoms with E-state index >= 15 is 0 Å². The van der Waals surface area contributed by atoms with Gasteiger partial charge in [-0.15, -0.1) is 0 Å². The lowest BCUT2D eigenvalue weighted by molar-refractivity contribution is 0.118. The molecule has 0 aliphatic carbocycles. The van der Waals surface area contributed by atoms with E-state index in [1.807, 2.05) is 0 Å². The fourth-order valence-electron chi connectivity index (χ4n) is 0.978. The van der Waals surface area contributed by atoms with Crippen LogP contribution in [-0.4, -0.2) is 57.7 Å². The molecule has 0 amide bonds.